The molecule has 116 valence electrons. The number of hydrogen-bond donors (Lipinski definition) is 2. The maximum Gasteiger partial charge on any atom is 0.260 e. The van der Waals surface area contributed by atoms with E-state index in [0.717, 1.165) is 25.0 Å². The molecule has 2 unspecified atom stereocenters. The topological polar surface area (TPSA) is 50.4 Å². The van der Waals surface area contributed by atoms with Gasteiger partial charge in [0.25, 0.3) is 5.91 Å². The van der Waals surface area contributed by atoms with Crippen LogP contribution in [0.3, 0.4) is 0 Å². The highest BCUT2D eigenvalue weighted by Gasteiger charge is 2.20. The van der Waals surface area contributed by atoms with E-state index in [-0.39, 0.29) is 5.91 Å². The summed E-state index contributed by atoms with van der Waals surface area (Å²) >= 11 is 0. The van der Waals surface area contributed by atoms with Crippen LogP contribution in [0.5, 0.6) is 5.75 Å². The van der Waals surface area contributed by atoms with Gasteiger partial charge in [0.05, 0.1) is 0 Å². The standard InChI is InChI=1S/C17H26N2O2/c1-4-10-19-17(20)12(2)21-14-9-8-13-6-5-7-16(18-3)15(13)11-14/h8-9,11-12,16,18H,4-7,10H2,1-3H3,(H,19,20). The highest BCUT2D eigenvalue weighted by Crippen LogP contribution is 2.32. The Labute approximate surface area is 127 Å². The number of amides is 1. The van der Waals surface area contributed by atoms with Gasteiger partial charge in [0.1, 0.15) is 5.75 Å². The van der Waals surface area contributed by atoms with Crippen LogP contribution >= 0.6 is 0 Å². The summed E-state index contributed by atoms with van der Waals surface area (Å²) in [4.78, 5) is 11.9. The number of fused-ring (bicyclic) bond motifs is 1. The second kappa shape index (κ2) is 7.46. The zero-order valence-electron chi connectivity index (χ0n) is 13.2. The fraction of sp³-hybridized carbons (Fsp3) is 0.588. The molecule has 0 aromatic heterocycles. The van der Waals surface area contributed by atoms with Crippen molar-refractivity contribution in [2.75, 3.05) is 13.6 Å². The largest absolute Gasteiger partial charge is 0.481 e. The first-order chi connectivity index (χ1) is 10.2. The summed E-state index contributed by atoms with van der Waals surface area (Å²) in [5.74, 6) is 0.717. The van der Waals surface area contributed by atoms with E-state index < -0.39 is 6.10 Å². The molecule has 21 heavy (non-hydrogen) atoms. The van der Waals surface area contributed by atoms with Gasteiger partial charge in [0.15, 0.2) is 6.10 Å². The van der Waals surface area contributed by atoms with E-state index in [9.17, 15) is 4.79 Å². The van der Waals surface area contributed by atoms with Crippen molar-refractivity contribution >= 4 is 5.91 Å². The number of hydrogen-bond acceptors (Lipinski definition) is 3. The third kappa shape index (κ3) is 3.97. The molecule has 2 rings (SSSR count). The molecule has 1 aromatic rings. The molecule has 1 aromatic carbocycles. The Bertz CT molecular complexity index is 488. The van der Waals surface area contributed by atoms with Crippen LogP contribution in [0.2, 0.25) is 0 Å². The number of ether oxygens (including phenoxy) is 1. The van der Waals surface area contributed by atoms with Crippen molar-refractivity contribution in [1.29, 1.82) is 0 Å². The molecule has 0 heterocycles. The van der Waals surface area contributed by atoms with Crippen LogP contribution in [0.15, 0.2) is 18.2 Å². The third-order valence-electron chi connectivity index (χ3n) is 4.01. The first-order valence-corrected chi connectivity index (χ1v) is 7.90. The number of benzene rings is 1. The van der Waals surface area contributed by atoms with Gasteiger partial charge in [0, 0.05) is 12.6 Å². The molecule has 0 radical (unpaired) electrons. The molecule has 1 aliphatic rings. The minimum Gasteiger partial charge on any atom is -0.481 e. The van der Waals surface area contributed by atoms with Gasteiger partial charge in [-0.3, -0.25) is 4.79 Å². The van der Waals surface area contributed by atoms with E-state index in [1.165, 1.54) is 17.5 Å². The summed E-state index contributed by atoms with van der Waals surface area (Å²) in [7, 11) is 1.99. The van der Waals surface area contributed by atoms with Crippen LogP contribution in [0, 0.1) is 0 Å². The number of nitrogens with one attached hydrogen (secondary N) is 2. The van der Waals surface area contributed by atoms with Crippen molar-refractivity contribution in [2.24, 2.45) is 0 Å². The van der Waals surface area contributed by atoms with E-state index in [1.54, 1.807) is 6.92 Å². The molecule has 0 aliphatic heterocycles. The molecular formula is C17H26N2O2. The van der Waals surface area contributed by atoms with Gasteiger partial charge in [-0.05, 0) is 62.9 Å². The van der Waals surface area contributed by atoms with Crippen molar-refractivity contribution in [1.82, 2.24) is 10.6 Å². The van der Waals surface area contributed by atoms with Gasteiger partial charge in [-0.15, -0.1) is 0 Å². The van der Waals surface area contributed by atoms with Crippen molar-refractivity contribution in [2.45, 2.75) is 51.7 Å². The van der Waals surface area contributed by atoms with E-state index in [1.807, 2.05) is 20.0 Å². The number of carbonyl (C=O) groups excluding carboxylic acids is 1. The average Bonchev–Trinajstić information content (AvgIpc) is 2.51. The molecule has 4 heteroatoms. The van der Waals surface area contributed by atoms with Crippen molar-refractivity contribution in [3.63, 3.8) is 0 Å². The monoisotopic (exact) mass is 290 g/mol. The van der Waals surface area contributed by atoms with Crippen LogP contribution < -0.4 is 15.4 Å². The molecule has 0 saturated heterocycles. The quantitative estimate of drug-likeness (QED) is 0.846. The Kier molecular flexibility index (Phi) is 5.62. The SMILES string of the molecule is CCCNC(=O)C(C)Oc1ccc2c(c1)C(NC)CCC2. The maximum atomic E-state index is 11.9. The van der Waals surface area contributed by atoms with Gasteiger partial charge >= 0.3 is 0 Å². The lowest BCUT2D eigenvalue weighted by Crippen LogP contribution is -2.36. The fourth-order valence-corrected chi connectivity index (χ4v) is 2.80. The minimum absolute atomic E-state index is 0.0558. The van der Waals surface area contributed by atoms with Crippen molar-refractivity contribution < 1.29 is 9.53 Å². The Balaban J connectivity index is 2.06. The summed E-state index contributed by atoms with van der Waals surface area (Å²) in [5.41, 5.74) is 2.69. The van der Waals surface area contributed by atoms with Gasteiger partial charge in [-0.1, -0.05) is 13.0 Å². The number of rotatable bonds is 6. The van der Waals surface area contributed by atoms with E-state index >= 15 is 0 Å². The Morgan fingerprint density at radius 2 is 2.29 bits per heavy atom. The first-order valence-electron chi connectivity index (χ1n) is 7.90. The van der Waals surface area contributed by atoms with Gasteiger partial charge in [0.2, 0.25) is 0 Å². The second-order valence-corrected chi connectivity index (χ2v) is 5.65. The molecule has 2 atom stereocenters. The average molecular weight is 290 g/mol. The third-order valence-corrected chi connectivity index (χ3v) is 4.01. The van der Waals surface area contributed by atoms with Gasteiger partial charge < -0.3 is 15.4 Å². The van der Waals surface area contributed by atoms with E-state index in [0.29, 0.717) is 12.6 Å². The summed E-state index contributed by atoms with van der Waals surface area (Å²) in [6.45, 7) is 4.52. The maximum absolute atomic E-state index is 11.9. The van der Waals surface area contributed by atoms with Crippen molar-refractivity contribution in [3.05, 3.63) is 29.3 Å². The highest BCUT2D eigenvalue weighted by molar-refractivity contribution is 5.80. The molecule has 0 bridgehead atoms. The van der Waals surface area contributed by atoms with Crippen LogP contribution in [-0.4, -0.2) is 25.6 Å². The number of aryl methyl sites for hydroxylation is 1. The minimum atomic E-state index is -0.466. The van der Waals surface area contributed by atoms with Crippen LogP contribution in [0.1, 0.15) is 50.3 Å². The molecule has 0 fully saturated rings. The molecule has 0 saturated carbocycles. The Morgan fingerprint density at radius 1 is 1.48 bits per heavy atom. The molecule has 4 nitrogen and oxygen atoms in total. The van der Waals surface area contributed by atoms with Gasteiger partial charge in [-0.2, -0.15) is 0 Å². The van der Waals surface area contributed by atoms with E-state index in [2.05, 4.69) is 22.8 Å². The predicted molar refractivity (Wildman–Crippen MR) is 84.6 cm³/mol. The Morgan fingerprint density at radius 3 is 3.00 bits per heavy atom. The molecule has 1 amide bonds. The zero-order valence-corrected chi connectivity index (χ0v) is 13.2. The van der Waals surface area contributed by atoms with Crippen LogP contribution in [0.25, 0.3) is 0 Å². The molecule has 1 aliphatic carbocycles. The highest BCUT2D eigenvalue weighted by atomic mass is 16.5. The molecular weight excluding hydrogens is 264 g/mol. The second-order valence-electron chi connectivity index (χ2n) is 5.65. The summed E-state index contributed by atoms with van der Waals surface area (Å²) in [6, 6.07) is 6.58. The summed E-state index contributed by atoms with van der Waals surface area (Å²) < 4.78 is 5.79. The fourth-order valence-electron chi connectivity index (χ4n) is 2.80. The zero-order chi connectivity index (χ0) is 15.2. The molecule has 0 spiro atoms. The molecule has 2 N–H and O–H groups in total. The smallest absolute Gasteiger partial charge is 0.260 e. The normalized spacial score (nSPS) is 18.7. The predicted octanol–water partition coefficient (Wildman–Crippen LogP) is 2.58. The van der Waals surface area contributed by atoms with Crippen LogP contribution in [0.4, 0.5) is 0 Å². The lowest BCUT2D eigenvalue weighted by molar-refractivity contribution is -0.127. The van der Waals surface area contributed by atoms with Crippen molar-refractivity contribution in [3.8, 4) is 5.75 Å². The Hall–Kier alpha value is -1.55. The lowest BCUT2D eigenvalue weighted by atomic mass is 9.87. The first kappa shape index (κ1) is 15.8. The van der Waals surface area contributed by atoms with E-state index in [4.69, 9.17) is 4.74 Å². The summed E-state index contributed by atoms with van der Waals surface area (Å²) in [6.07, 6.45) is 3.96. The lowest BCUT2D eigenvalue weighted by Gasteiger charge is -2.26. The van der Waals surface area contributed by atoms with Crippen LogP contribution in [-0.2, 0) is 11.2 Å². The number of carbonyl (C=O) groups is 1. The van der Waals surface area contributed by atoms with Gasteiger partial charge in [-0.25, -0.2) is 0 Å². The summed E-state index contributed by atoms with van der Waals surface area (Å²) in [5, 5.41) is 6.21.